The molecule has 0 amide bonds. The van der Waals surface area contributed by atoms with Gasteiger partial charge in [-0.15, -0.1) is 0 Å². The predicted molar refractivity (Wildman–Crippen MR) is 77.0 cm³/mol. The second-order valence-corrected chi connectivity index (χ2v) is 5.10. The van der Waals surface area contributed by atoms with Gasteiger partial charge in [0.15, 0.2) is 5.54 Å². The molecule has 0 spiro atoms. The van der Waals surface area contributed by atoms with Crippen LogP contribution >= 0.6 is 15.9 Å². The Balaban J connectivity index is 2.42. The van der Waals surface area contributed by atoms with Crippen molar-refractivity contribution in [2.24, 2.45) is 0 Å². The highest BCUT2D eigenvalue weighted by atomic mass is 79.9. The van der Waals surface area contributed by atoms with Crippen molar-refractivity contribution in [1.82, 2.24) is 4.98 Å². The number of hydrogen-bond acceptors (Lipinski definition) is 3. The minimum Gasteiger partial charge on any atom is -0.479 e. The molecule has 19 heavy (non-hydrogen) atoms. The van der Waals surface area contributed by atoms with Crippen LogP contribution in [0.4, 0.5) is 5.69 Å². The molecule has 1 aromatic carbocycles. The SMILES string of the molecule is CC(Nc1ccccc1Br)(C(=O)O)c1ccccn1. The summed E-state index contributed by atoms with van der Waals surface area (Å²) in [6, 6.07) is 12.6. The number of para-hydroxylation sites is 1. The molecule has 2 aromatic rings. The van der Waals surface area contributed by atoms with Gasteiger partial charge in [-0.05, 0) is 47.1 Å². The highest BCUT2D eigenvalue weighted by Gasteiger charge is 2.36. The van der Waals surface area contributed by atoms with E-state index in [0.717, 1.165) is 4.47 Å². The van der Waals surface area contributed by atoms with Crippen LogP contribution in [0.15, 0.2) is 53.1 Å². The fourth-order valence-corrected chi connectivity index (χ4v) is 2.10. The number of carboxylic acid groups (broad SMARTS) is 1. The standard InChI is InChI=1S/C14H13BrN2O2/c1-14(13(18)19,12-8-4-5-9-16-12)17-11-7-3-2-6-10(11)15/h2-9,17H,1H3,(H,18,19). The first kappa shape index (κ1) is 13.5. The largest absolute Gasteiger partial charge is 0.479 e. The van der Waals surface area contributed by atoms with E-state index in [1.807, 2.05) is 24.3 Å². The van der Waals surface area contributed by atoms with Gasteiger partial charge in [-0.1, -0.05) is 18.2 Å². The van der Waals surface area contributed by atoms with E-state index >= 15 is 0 Å². The van der Waals surface area contributed by atoms with Crippen LogP contribution in [0.5, 0.6) is 0 Å². The Morgan fingerprint density at radius 1 is 1.26 bits per heavy atom. The van der Waals surface area contributed by atoms with Crippen molar-refractivity contribution in [1.29, 1.82) is 0 Å². The second kappa shape index (κ2) is 5.40. The molecule has 2 N–H and O–H groups in total. The third kappa shape index (κ3) is 2.76. The normalized spacial score (nSPS) is 13.6. The molecule has 0 saturated heterocycles. The maximum Gasteiger partial charge on any atom is 0.335 e. The number of carboxylic acids is 1. The van der Waals surface area contributed by atoms with Crippen molar-refractivity contribution >= 4 is 27.6 Å². The summed E-state index contributed by atoms with van der Waals surface area (Å²) >= 11 is 3.39. The molecule has 4 nitrogen and oxygen atoms in total. The molecule has 1 unspecified atom stereocenters. The molecule has 0 aliphatic rings. The highest BCUT2D eigenvalue weighted by molar-refractivity contribution is 9.10. The average Bonchev–Trinajstić information content (AvgIpc) is 2.42. The van der Waals surface area contributed by atoms with Crippen LogP contribution in [0.25, 0.3) is 0 Å². The van der Waals surface area contributed by atoms with Crippen molar-refractivity contribution in [2.75, 3.05) is 5.32 Å². The molecule has 1 heterocycles. The zero-order valence-corrected chi connectivity index (χ0v) is 11.9. The minimum absolute atomic E-state index is 0.457. The smallest absolute Gasteiger partial charge is 0.335 e. The number of hydrogen-bond donors (Lipinski definition) is 2. The van der Waals surface area contributed by atoms with Crippen LogP contribution in [-0.2, 0) is 10.3 Å². The van der Waals surface area contributed by atoms with E-state index in [1.54, 1.807) is 31.3 Å². The van der Waals surface area contributed by atoms with Gasteiger partial charge in [0.1, 0.15) is 0 Å². The summed E-state index contributed by atoms with van der Waals surface area (Å²) in [5.74, 6) is -0.984. The number of anilines is 1. The van der Waals surface area contributed by atoms with Crippen LogP contribution in [0.3, 0.4) is 0 Å². The van der Waals surface area contributed by atoms with E-state index < -0.39 is 11.5 Å². The Labute approximate surface area is 119 Å². The van der Waals surface area contributed by atoms with Crippen LogP contribution in [0.1, 0.15) is 12.6 Å². The first-order valence-electron chi connectivity index (χ1n) is 5.71. The molecule has 0 radical (unpaired) electrons. The monoisotopic (exact) mass is 320 g/mol. The van der Waals surface area contributed by atoms with E-state index in [0.29, 0.717) is 11.4 Å². The van der Waals surface area contributed by atoms with Gasteiger partial charge in [-0.25, -0.2) is 4.79 Å². The fourth-order valence-electron chi connectivity index (χ4n) is 1.72. The molecular formula is C14H13BrN2O2. The molecular weight excluding hydrogens is 308 g/mol. The number of aromatic nitrogens is 1. The number of nitrogens with one attached hydrogen (secondary N) is 1. The lowest BCUT2D eigenvalue weighted by Gasteiger charge is -2.27. The lowest BCUT2D eigenvalue weighted by atomic mass is 9.96. The quantitative estimate of drug-likeness (QED) is 0.907. The fraction of sp³-hybridized carbons (Fsp3) is 0.143. The Hall–Kier alpha value is -1.88. The Morgan fingerprint density at radius 3 is 2.53 bits per heavy atom. The number of nitrogens with zero attached hydrogens (tertiary/aromatic N) is 1. The summed E-state index contributed by atoms with van der Waals surface area (Å²) in [7, 11) is 0. The van der Waals surface area contributed by atoms with E-state index in [9.17, 15) is 9.90 Å². The molecule has 5 heteroatoms. The Bertz CT molecular complexity index is 589. The van der Waals surface area contributed by atoms with Crippen molar-refractivity contribution in [3.63, 3.8) is 0 Å². The molecule has 1 aromatic heterocycles. The Kier molecular flexibility index (Phi) is 3.85. The van der Waals surface area contributed by atoms with Crippen LogP contribution < -0.4 is 5.32 Å². The van der Waals surface area contributed by atoms with Gasteiger partial charge in [0.05, 0.1) is 5.69 Å². The molecule has 0 aliphatic heterocycles. The predicted octanol–water partition coefficient (Wildman–Crippen LogP) is 3.26. The van der Waals surface area contributed by atoms with Gasteiger partial charge in [0.25, 0.3) is 0 Å². The topological polar surface area (TPSA) is 62.2 Å². The van der Waals surface area contributed by atoms with E-state index in [4.69, 9.17) is 0 Å². The summed E-state index contributed by atoms with van der Waals surface area (Å²) in [6.07, 6.45) is 1.58. The molecule has 98 valence electrons. The van der Waals surface area contributed by atoms with Gasteiger partial charge in [0, 0.05) is 16.4 Å². The zero-order chi connectivity index (χ0) is 13.9. The molecule has 0 fully saturated rings. The maximum atomic E-state index is 11.6. The third-order valence-corrected chi connectivity index (χ3v) is 3.55. The van der Waals surface area contributed by atoms with Gasteiger partial charge in [-0.2, -0.15) is 0 Å². The summed E-state index contributed by atoms with van der Waals surface area (Å²) in [6.45, 7) is 1.59. The molecule has 0 saturated carbocycles. The molecule has 0 bridgehead atoms. The number of carbonyl (C=O) groups is 1. The first-order valence-corrected chi connectivity index (χ1v) is 6.51. The zero-order valence-electron chi connectivity index (χ0n) is 10.3. The van der Waals surface area contributed by atoms with Crippen molar-refractivity contribution in [3.8, 4) is 0 Å². The van der Waals surface area contributed by atoms with E-state index in [-0.39, 0.29) is 0 Å². The second-order valence-electron chi connectivity index (χ2n) is 4.25. The van der Waals surface area contributed by atoms with E-state index in [1.165, 1.54) is 0 Å². The van der Waals surface area contributed by atoms with Crippen LogP contribution in [0.2, 0.25) is 0 Å². The van der Waals surface area contributed by atoms with E-state index in [2.05, 4.69) is 26.2 Å². The van der Waals surface area contributed by atoms with Gasteiger partial charge in [-0.3, -0.25) is 4.98 Å². The Morgan fingerprint density at radius 2 is 1.95 bits per heavy atom. The van der Waals surface area contributed by atoms with Gasteiger partial charge >= 0.3 is 5.97 Å². The number of rotatable bonds is 4. The first-order chi connectivity index (χ1) is 9.04. The summed E-state index contributed by atoms with van der Waals surface area (Å²) in [5, 5.41) is 12.6. The molecule has 0 aliphatic carbocycles. The number of halogens is 1. The highest BCUT2D eigenvalue weighted by Crippen LogP contribution is 2.29. The molecule has 2 rings (SSSR count). The number of benzene rings is 1. The van der Waals surface area contributed by atoms with Gasteiger partial charge < -0.3 is 10.4 Å². The van der Waals surface area contributed by atoms with Crippen LogP contribution in [0, 0.1) is 0 Å². The lowest BCUT2D eigenvalue weighted by Crippen LogP contribution is -2.41. The van der Waals surface area contributed by atoms with Crippen molar-refractivity contribution in [2.45, 2.75) is 12.5 Å². The third-order valence-electron chi connectivity index (χ3n) is 2.86. The number of aliphatic carboxylic acids is 1. The van der Waals surface area contributed by atoms with Crippen molar-refractivity contribution in [3.05, 3.63) is 58.8 Å². The lowest BCUT2D eigenvalue weighted by molar-refractivity contribution is -0.142. The van der Waals surface area contributed by atoms with Crippen molar-refractivity contribution < 1.29 is 9.90 Å². The summed E-state index contributed by atoms with van der Waals surface area (Å²) in [4.78, 5) is 15.8. The summed E-state index contributed by atoms with van der Waals surface area (Å²) < 4.78 is 0.804. The minimum atomic E-state index is -1.29. The van der Waals surface area contributed by atoms with Crippen LogP contribution in [-0.4, -0.2) is 16.1 Å². The van der Waals surface area contributed by atoms with Gasteiger partial charge in [0.2, 0.25) is 0 Å². The molecule has 1 atom stereocenters. The average molecular weight is 321 g/mol. The summed E-state index contributed by atoms with van der Waals surface area (Å²) in [5.41, 5.74) is -0.123. The number of pyridine rings is 1. The maximum absolute atomic E-state index is 11.6.